The van der Waals surface area contributed by atoms with Gasteiger partial charge in [0.15, 0.2) is 0 Å². The van der Waals surface area contributed by atoms with Gasteiger partial charge < -0.3 is 0 Å². The van der Waals surface area contributed by atoms with Gasteiger partial charge in [0.1, 0.15) is 5.82 Å². The second-order valence-electron chi connectivity index (χ2n) is 5.26. The smallest absolute Gasteiger partial charge is 0.129 e. The van der Waals surface area contributed by atoms with Gasteiger partial charge in [0.05, 0.1) is 5.38 Å². The molecule has 0 saturated heterocycles. The zero-order valence-corrected chi connectivity index (χ0v) is 12.5. The number of alkyl halides is 1. The second kappa shape index (κ2) is 5.75. The van der Waals surface area contributed by atoms with E-state index in [4.69, 9.17) is 23.2 Å². The third-order valence-corrected chi connectivity index (χ3v) is 4.62. The first kappa shape index (κ1) is 13.9. The van der Waals surface area contributed by atoms with Crippen molar-refractivity contribution in [3.05, 3.63) is 69.5 Å². The Labute approximate surface area is 128 Å². The number of hydrogen-bond donors (Lipinski definition) is 0. The molecule has 1 atom stereocenters. The largest absolute Gasteiger partial charge is 0.207 e. The van der Waals surface area contributed by atoms with Crippen LogP contribution in [0.25, 0.3) is 0 Å². The molecule has 1 unspecified atom stereocenters. The summed E-state index contributed by atoms with van der Waals surface area (Å²) in [6, 6.07) is 10.9. The molecule has 0 aromatic heterocycles. The fourth-order valence-electron chi connectivity index (χ4n) is 2.80. The molecule has 0 N–H and O–H groups in total. The van der Waals surface area contributed by atoms with Crippen LogP contribution in [0.4, 0.5) is 4.39 Å². The van der Waals surface area contributed by atoms with Gasteiger partial charge in [0, 0.05) is 10.6 Å². The Bertz CT molecular complexity index is 637. The minimum atomic E-state index is -0.473. The van der Waals surface area contributed by atoms with E-state index >= 15 is 0 Å². The molecule has 3 heteroatoms. The van der Waals surface area contributed by atoms with E-state index in [0.717, 1.165) is 18.4 Å². The molecular formula is C17H15Cl2F. The monoisotopic (exact) mass is 308 g/mol. The lowest BCUT2D eigenvalue weighted by Crippen LogP contribution is -2.05. The lowest BCUT2D eigenvalue weighted by atomic mass is 9.89. The maximum Gasteiger partial charge on any atom is 0.129 e. The molecule has 1 aliphatic carbocycles. The third kappa shape index (κ3) is 2.70. The van der Waals surface area contributed by atoms with Crippen LogP contribution >= 0.6 is 23.2 Å². The number of rotatable bonds is 2. The lowest BCUT2D eigenvalue weighted by Gasteiger charge is -2.19. The highest BCUT2D eigenvalue weighted by Gasteiger charge is 2.18. The van der Waals surface area contributed by atoms with Crippen LogP contribution in [0.1, 0.15) is 40.5 Å². The molecule has 0 bridgehead atoms. The Kier molecular flexibility index (Phi) is 4.00. The number of hydrogen-bond acceptors (Lipinski definition) is 0. The molecule has 3 rings (SSSR count). The van der Waals surface area contributed by atoms with Crippen LogP contribution in [0.3, 0.4) is 0 Å². The molecule has 2 aromatic carbocycles. The van der Waals surface area contributed by atoms with Crippen LogP contribution < -0.4 is 0 Å². The average molecular weight is 309 g/mol. The summed E-state index contributed by atoms with van der Waals surface area (Å²) < 4.78 is 14.0. The number of aryl methyl sites for hydroxylation is 2. The zero-order chi connectivity index (χ0) is 14.1. The molecule has 1 aliphatic rings. The van der Waals surface area contributed by atoms with Gasteiger partial charge >= 0.3 is 0 Å². The Hall–Kier alpha value is -1.05. The van der Waals surface area contributed by atoms with Crippen molar-refractivity contribution in [3.8, 4) is 0 Å². The van der Waals surface area contributed by atoms with Crippen molar-refractivity contribution in [2.75, 3.05) is 0 Å². The van der Waals surface area contributed by atoms with E-state index in [2.05, 4.69) is 12.1 Å². The molecule has 104 valence electrons. The first-order valence-electron chi connectivity index (χ1n) is 6.86. The van der Waals surface area contributed by atoms with Crippen LogP contribution in [0.2, 0.25) is 5.02 Å². The summed E-state index contributed by atoms with van der Waals surface area (Å²) >= 11 is 12.2. The van der Waals surface area contributed by atoms with Gasteiger partial charge in [-0.2, -0.15) is 0 Å². The maximum absolute atomic E-state index is 14.0. The van der Waals surface area contributed by atoms with E-state index in [0.29, 0.717) is 10.6 Å². The number of fused-ring (bicyclic) bond motifs is 1. The van der Waals surface area contributed by atoms with Gasteiger partial charge in [-0.25, -0.2) is 4.39 Å². The predicted octanol–water partition coefficient (Wildman–Crippen LogP) is 5.69. The first-order chi connectivity index (χ1) is 9.65. The second-order valence-corrected chi connectivity index (χ2v) is 6.14. The van der Waals surface area contributed by atoms with Gasteiger partial charge in [-0.1, -0.05) is 35.9 Å². The van der Waals surface area contributed by atoms with Crippen LogP contribution in [-0.4, -0.2) is 0 Å². The van der Waals surface area contributed by atoms with Crippen LogP contribution in [-0.2, 0) is 12.8 Å². The number of benzene rings is 2. The average Bonchev–Trinajstić information content (AvgIpc) is 2.46. The highest BCUT2D eigenvalue weighted by atomic mass is 35.5. The molecule has 0 aliphatic heterocycles. The van der Waals surface area contributed by atoms with Crippen molar-refractivity contribution in [2.24, 2.45) is 0 Å². The Morgan fingerprint density at radius 2 is 1.70 bits per heavy atom. The predicted molar refractivity (Wildman–Crippen MR) is 82.2 cm³/mol. The number of halogens is 3. The highest BCUT2D eigenvalue weighted by Crippen LogP contribution is 2.34. The Morgan fingerprint density at radius 3 is 2.45 bits per heavy atom. The van der Waals surface area contributed by atoms with Crippen LogP contribution in [0, 0.1) is 5.82 Å². The van der Waals surface area contributed by atoms with Crippen molar-refractivity contribution in [1.29, 1.82) is 0 Å². The summed E-state index contributed by atoms with van der Waals surface area (Å²) in [5.41, 5.74) is 4.19. The van der Waals surface area contributed by atoms with Gasteiger partial charge in [-0.05, 0) is 54.5 Å². The first-order valence-corrected chi connectivity index (χ1v) is 7.67. The van der Waals surface area contributed by atoms with Crippen molar-refractivity contribution < 1.29 is 4.39 Å². The fourth-order valence-corrected chi connectivity index (χ4v) is 3.27. The van der Waals surface area contributed by atoms with Crippen molar-refractivity contribution >= 4 is 23.2 Å². The van der Waals surface area contributed by atoms with Gasteiger partial charge in [0.2, 0.25) is 0 Å². The van der Waals surface area contributed by atoms with E-state index in [-0.39, 0.29) is 5.82 Å². The normalized spacial score (nSPS) is 15.8. The van der Waals surface area contributed by atoms with E-state index in [1.54, 1.807) is 12.1 Å². The molecule has 0 nitrogen and oxygen atoms in total. The summed E-state index contributed by atoms with van der Waals surface area (Å²) in [5.74, 6) is -0.352. The molecule has 0 heterocycles. The Morgan fingerprint density at radius 1 is 0.950 bits per heavy atom. The highest BCUT2D eigenvalue weighted by molar-refractivity contribution is 6.30. The van der Waals surface area contributed by atoms with Gasteiger partial charge in [0.25, 0.3) is 0 Å². The fraction of sp³-hybridized carbons (Fsp3) is 0.294. The summed E-state index contributed by atoms with van der Waals surface area (Å²) in [4.78, 5) is 0. The molecule has 20 heavy (non-hydrogen) atoms. The molecule has 0 saturated carbocycles. The molecule has 0 radical (unpaired) electrons. The standard InChI is InChI=1S/C17H15Cl2F/c18-14-7-8-15(16(20)10-14)17(19)13-6-5-11-3-1-2-4-12(11)9-13/h5-10,17H,1-4H2. The summed E-state index contributed by atoms with van der Waals surface area (Å²) in [7, 11) is 0. The molecule has 0 fully saturated rings. The lowest BCUT2D eigenvalue weighted by molar-refractivity contribution is 0.612. The zero-order valence-electron chi connectivity index (χ0n) is 11.0. The Balaban J connectivity index is 1.95. The molecule has 2 aromatic rings. The summed E-state index contributed by atoms with van der Waals surface area (Å²) in [5, 5.41) is -0.0833. The van der Waals surface area contributed by atoms with E-state index in [1.807, 2.05) is 6.07 Å². The quantitative estimate of drug-likeness (QED) is 0.625. The third-order valence-electron chi connectivity index (χ3n) is 3.90. The molecule has 0 spiro atoms. The topological polar surface area (TPSA) is 0 Å². The van der Waals surface area contributed by atoms with Gasteiger partial charge in [-0.3, -0.25) is 0 Å². The van der Waals surface area contributed by atoms with Crippen molar-refractivity contribution in [1.82, 2.24) is 0 Å². The van der Waals surface area contributed by atoms with Crippen molar-refractivity contribution in [3.63, 3.8) is 0 Å². The summed E-state index contributed by atoms with van der Waals surface area (Å²) in [6.07, 6.45) is 4.70. The minimum Gasteiger partial charge on any atom is -0.207 e. The molecular weight excluding hydrogens is 294 g/mol. The van der Waals surface area contributed by atoms with Crippen LogP contribution in [0.5, 0.6) is 0 Å². The summed E-state index contributed by atoms with van der Waals surface area (Å²) in [6.45, 7) is 0. The van der Waals surface area contributed by atoms with Gasteiger partial charge in [-0.15, -0.1) is 11.6 Å². The van der Waals surface area contributed by atoms with Crippen molar-refractivity contribution in [2.45, 2.75) is 31.1 Å². The minimum absolute atomic E-state index is 0.352. The SMILES string of the molecule is Fc1cc(Cl)ccc1C(Cl)c1ccc2c(c1)CCCC2. The maximum atomic E-state index is 14.0. The van der Waals surface area contributed by atoms with E-state index in [9.17, 15) is 4.39 Å². The van der Waals surface area contributed by atoms with E-state index < -0.39 is 5.38 Å². The van der Waals surface area contributed by atoms with E-state index in [1.165, 1.54) is 30.0 Å². The molecule has 0 amide bonds. The van der Waals surface area contributed by atoms with Crippen LogP contribution in [0.15, 0.2) is 36.4 Å².